The molecule has 9 heteroatoms. The maximum absolute atomic E-state index is 12.5. The zero-order chi connectivity index (χ0) is 19.5. The molecule has 1 aliphatic heterocycles. The van der Waals surface area contributed by atoms with Crippen molar-refractivity contribution in [1.29, 1.82) is 0 Å². The number of nitrogens with zero attached hydrogens (tertiary/aromatic N) is 4. The highest BCUT2D eigenvalue weighted by atomic mass is 16.2. The zero-order valence-electron chi connectivity index (χ0n) is 14.7. The number of carbonyl (C=O) groups excluding carboxylic acids is 3. The fourth-order valence-electron chi connectivity index (χ4n) is 2.82. The summed E-state index contributed by atoms with van der Waals surface area (Å²) in [6.07, 6.45) is 1.54. The Kier molecular flexibility index (Phi) is 4.55. The number of para-hydroxylation sites is 1. The van der Waals surface area contributed by atoms with Gasteiger partial charge < -0.3 is 10.6 Å². The molecule has 0 saturated carbocycles. The van der Waals surface area contributed by atoms with Crippen LogP contribution in [0.25, 0.3) is 5.69 Å². The zero-order valence-corrected chi connectivity index (χ0v) is 14.7. The highest BCUT2D eigenvalue weighted by Crippen LogP contribution is 2.15. The van der Waals surface area contributed by atoms with Crippen LogP contribution in [0.2, 0.25) is 0 Å². The summed E-state index contributed by atoms with van der Waals surface area (Å²) in [4.78, 5) is 37.0. The molecule has 1 fully saturated rings. The number of carbonyl (C=O) groups is 3. The predicted octanol–water partition coefficient (Wildman–Crippen LogP) is 1.57. The molecule has 0 radical (unpaired) electrons. The van der Waals surface area contributed by atoms with Crippen molar-refractivity contribution in [2.75, 3.05) is 11.9 Å². The molecule has 2 aromatic carbocycles. The SMILES string of the molecule is O=C(Nc1cccc(CN2C(=O)CNC2=O)c1)c1cn(-c2ccccc2)nn1. The van der Waals surface area contributed by atoms with Crippen LogP contribution in [0.1, 0.15) is 16.1 Å². The first-order chi connectivity index (χ1) is 13.6. The van der Waals surface area contributed by atoms with Crippen molar-refractivity contribution in [2.24, 2.45) is 0 Å². The topological polar surface area (TPSA) is 109 Å². The van der Waals surface area contributed by atoms with Crippen molar-refractivity contribution in [2.45, 2.75) is 6.54 Å². The minimum absolute atomic E-state index is 0.00628. The molecule has 0 spiro atoms. The first-order valence-electron chi connectivity index (χ1n) is 8.56. The largest absolute Gasteiger partial charge is 0.329 e. The van der Waals surface area contributed by atoms with Gasteiger partial charge in [-0.15, -0.1) is 5.10 Å². The van der Waals surface area contributed by atoms with Crippen LogP contribution in [-0.4, -0.2) is 44.3 Å². The van der Waals surface area contributed by atoms with Gasteiger partial charge in [-0.1, -0.05) is 35.5 Å². The van der Waals surface area contributed by atoms with Crippen molar-refractivity contribution in [3.8, 4) is 5.69 Å². The average Bonchev–Trinajstić information content (AvgIpc) is 3.32. The van der Waals surface area contributed by atoms with Crippen LogP contribution in [0.5, 0.6) is 0 Å². The molecule has 4 amide bonds. The van der Waals surface area contributed by atoms with Crippen LogP contribution in [0.3, 0.4) is 0 Å². The van der Waals surface area contributed by atoms with Crippen molar-refractivity contribution < 1.29 is 14.4 Å². The van der Waals surface area contributed by atoms with Gasteiger partial charge in [-0.05, 0) is 29.8 Å². The smallest absolute Gasteiger partial charge is 0.324 e. The van der Waals surface area contributed by atoms with Gasteiger partial charge in [-0.2, -0.15) is 0 Å². The van der Waals surface area contributed by atoms with E-state index in [-0.39, 0.29) is 24.7 Å². The van der Waals surface area contributed by atoms with Crippen LogP contribution >= 0.6 is 0 Å². The van der Waals surface area contributed by atoms with Crippen LogP contribution in [0.15, 0.2) is 60.8 Å². The second kappa shape index (κ2) is 7.31. The molecule has 2 heterocycles. The van der Waals surface area contributed by atoms with Gasteiger partial charge in [-0.25, -0.2) is 9.48 Å². The molecule has 4 rings (SSSR count). The number of hydrogen-bond donors (Lipinski definition) is 2. The van der Waals surface area contributed by atoms with Gasteiger partial charge in [0.1, 0.15) is 0 Å². The van der Waals surface area contributed by atoms with Gasteiger partial charge in [-0.3, -0.25) is 14.5 Å². The highest BCUT2D eigenvalue weighted by molar-refractivity contribution is 6.03. The highest BCUT2D eigenvalue weighted by Gasteiger charge is 2.28. The average molecular weight is 376 g/mol. The molecule has 1 saturated heterocycles. The van der Waals surface area contributed by atoms with Crippen molar-refractivity contribution in [1.82, 2.24) is 25.2 Å². The fourth-order valence-corrected chi connectivity index (χ4v) is 2.82. The lowest BCUT2D eigenvalue weighted by molar-refractivity contribution is -0.125. The Morgan fingerprint density at radius 3 is 2.68 bits per heavy atom. The Labute approximate surface area is 160 Å². The van der Waals surface area contributed by atoms with E-state index in [1.165, 1.54) is 4.68 Å². The number of urea groups is 1. The number of aromatic nitrogens is 3. The van der Waals surface area contributed by atoms with Crippen molar-refractivity contribution in [3.05, 3.63) is 72.1 Å². The van der Waals surface area contributed by atoms with Gasteiger partial charge in [0.2, 0.25) is 5.91 Å². The van der Waals surface area contributed by atoms with Crippen molar-refractivity contribution in [3.63, 3.8) is 0 Å². The van der Waals surface area contributed by atoms with Crippen LogP contribution in [-0.2, 0) is 11.3 Å². The summed E-state index contributed by atoms with van der Waals surface area (Å²) in [5.74, 6) is -0.689. The predicted molar refractivity (Wildman–Crippen MR) is 99.7 cm³/mol. The van der Waals surface area contributed by atoms with Gasteiger partial charge >= 0.3 is 6.03 Å². The van der Waals surface area contributed by atoms with E-state index in [9.17, 15) is 14.4 Å². The second-order valence-electron chi connectivity index (χ2n) is 6.18. The van der Waals surface area contributed by atoms with E-state index in [1.807, 2.05) is 30.3 Å². The Hall–Kier alpha value is -4.01. The molecule has 28 heavy (non-hydrogen) atoms. The molecular weight excluding hydrogens is 360 g/mol. The summed E-state index contributed by atoms with van der Waals surface area (Å²) in [5.41, 5.74) is 2.22. The summed E-state index contributed by atoms with van der Waals surface area (Å²) in [6, 6.07) is 15.9. The third-order valence-electron chi connectivity index (χ3n) is 4.21. The molecule has 0 bridgehead atoms. The van der Waals surface area contributed by atoms with E-state index in [4.69, 9.17) is 0 Å². The fraction of sp³-hybridized carbons (Fsp3) is 0.105. The number of nitrogens with one attached hydrogen (secondary N) is 2. The summed E-state index contributed by atoms with van der Waals surface area (Å²) in [7, 11) is 0. The van der Waals surface area contributed by atoms with E-state index in [0.717, 1.165) is 16.2 Å². The molecule has 140 valence electrons. The number of rotatable bonds is 5. The van der Waals surface area contributed by atoms with Crippen LogP contribution in [0.4, 0.5) is 10.5 Å². The quantitative estimate of drug-likeness (QED) is 0.657. The number of amides is 4. The molecule has 1 aromatic heterocycles. The minimum atomic E-state index is -0.419. The standard InChI is InChI=1S/C19H16N6O3/c26-17-10-20-19(28)24(17)11-13-5-4-6-14(9-13)21-18(27)16-12-25(23-22-16)15-7-2-1-3-8-15/h1-9,12H,10-11H2,(H,20,28)(H,21,27). The van der Waals surface area contributed by atoms with E-state index in [2.05, 4.69) is 20.9 Å². The van der Waals surface area contributed by atoms with E-state index < -0.39 is 11.9 Å². The summed E-state index contributed by atoms with van der Waals surface area (Å²) in [5, 5.41) is 13.1. The summed E-state index contributed by atoms with van der Waals surface area (Å²) < 4.78 is 1.52. The number of hydrogen-bond acceptors (Lipinski definition) is 5. The number of anilines is 1. The Morgan fingerprint density at radius 2 is 1.93 bits per heavy atom. The second-order valence-corrected chi connectivity index (χ2v) is 6.18. The Morgan fingerprint density at radius 1 is 1.11 bits per heavy atom. The normalized spacial score (nSPS) is 13.5. The first kappa shape index (κ1) is 17.4. The molecule has 2 N–H and O–H groups in total. The van der Waals surface area contributed by atoms with E-state index in [1.54, 1.807) is 30.5 Å². The lowest BCUT2D eigenvalue weighted by Gasteiger charge is -2.13. The van der Waals surface area contributed by atoms with Crippen LogP contribution in [0, 0.1) is 0 Å². The molecule has 3 aromatic rings. The number of benzene rings is 2. The van der Waals surface area contributed by atoms with Gasteiger partial charge in [0.05, 0.1) is 25.0 Å². The summed E-state index contributed by atoms with van der Waals surface area (Å²) in [6.45, 7) is 0.144. The molecule has 0 unspecified atom stereocenters. The molecule has 1 aliphatic rings. The molecule has 0 atom stereocenters. The van der Waals surface area contributed by atoms with Crippen LogP contribution < -0.4 is 10.6 Å². The monoisotopic (exact) mass is 376 g/mol. The van der Waals surface area contributed by atoms with E-state index in [0.29, 0.717) is 5.69 Å². The minimum Gasteiger partial charge on any atom is -0.329 e. The Balaban J connectivity index is 1.46. The first-order valence-corrected chi connectivity index (χ1v) is 8.56. The van der Waals surface area contributed by atoms with Gasteiger partial charge in [0.15, 0.2) is 5.69 Å². The molecular formula is C19H16N6O3. The molecule has 0 aliphatic carbocycles. The third-order valence-corrected chi connectivity index (χ3v) is 4.21. The lowest BCUT2D eigenvalue weighted by atomic mass is 10.2. The van der Waals surface area contributed by atoms with Gasteiger partial charge in [0, 0.05) is 5.69 Å². The van der Waals surface area contributed by atoms with E-state index >= 15 is 0 Å². The summed E-state index contributed by atoms with van der Waals surface area (Å²) >= 11 is 0. The molecule has 9 nitrogen and oxygen atoms in total. The number of imide groups is 1. The maximum Gasteiger partial charge on any atom is 0.324 e. The lowest BCUT2D eigenvalue weighted by Crippen LogP contribution is -2.30. The van der Waals surface area contributed by atoms with Crippen molar-refractivity contribution >= 4 is 23.5 Å². The Bertz CT molecular complexity index is 1030. The van der Waals surface area contributed by atoms with Gasteiger partial charge in [0.25, 0.3) is 5.91 Å². The maximum atomic E-state index is 12.5. The third kappa shape index (κ3) is 3.58.